The van der Waals surface area contributed by atoms with Gasteiger partial charge in [0, 0.05) is 31.1 Å². The minimum atomic E-state index is -0.186. The summed E-state index contributed by atoms with van der Waals surface area (Å²) in [5.41, 5.74) is 0.0703. The van der Waals surface area contributed by atoms with E-state index in [1.807, 2.05) is 6.92 Å². The van der Waals surface area contributed by atoms with Gasteiger partial charge >= 0.3 is 5.97 Å². The van der Waals surface area contributed by atoms with Gasteiger partial charge in [0.05, 0.1) is 6.61 Å². The zero-order chi connectivity index (χ0) is 24.2. The first kappa shape index (κ1) is 24.9. The maximum atomic E-state index is 14.2. The van der Waals surface area contributed by atoms with Gasteiger partial charge in [0.1, 0.15) is 11.6 Å². The third kappa shape index (κ3) is 3.64. The van der Waals surface area contributed by atoms with Crippen LogP contribution in [0.15, 0.2) is 0 Å². The Morgan fingerprint density at radius 1 is 1.03 bits per heavy atom. The zero-order valence-corrected chi connectivity index (χ0v) is 21.9. The molecule has 33 heavy (non-hydrogen) atoms. The summed E-state index contributed by atoms with van der Waals surface area (Å²) >= 11 is 0. The molecule has 4 nitrogen and oxygen atoms in total. The topological polar surface area (TPSA) is 60.4 Å². The fourth-order valence-electron chi connectivity index (χ4n) is 9.72. The molecule has 0 N–H and O–H groups in total. The predicted octanol–water partition coefficient (Wildman–Crippen LogP) is 6.40. The molecule has 4 unspecified atom stereocenters. The van der Waals surface area contributed by atoms with Crippen LogP contribution in [-0.4, -0.2) is 24.1 Å². The molecule has 4 aliphatic rings. The van der Waals surface area contributed by atoms with Crippen molar-refractivity contribution >= 4 is 17.5 Å². The number of Topliss-reactive ketones (excluding diaryl/α,β-unsaturated/α-hetero) is 2. The molecule has 4 heteroatoms. The molecule has 0 aliphatic heterocycles. The fraction of sp³-hybridized carbons (Fsp3) is 0.897. The fourth-order valence-corrected chi connectivity index (χ4v) is 9.72. The van der Waals surface area contributed by atoms with Crippen LogP contribution < -0.4 is 0 Å². The summed E-state index contributed by atoms with van der Waals surface area (Å²) < 4.78 is 5.17. The first-order valence-corrected chi connectivity index (χ1v) is 13.7. The second-order valence-electron chi connectivity index (χ2n) is 12.7. The molecule has 0 aromatic heterocycles. The molecule has 0 heterocycles. The molecule has 0 amide bonds. The third-order valence-electron chi connectivity index (χ3n) is 11.6. The van der Waals surface area contributed by atoms with Crippen LogP contribution in [0.1, 0.15) is 106 Å². The monoisotopic (exact) mass is 458 g/mol. The molecule has 4 rings (SSSR count). The standard InChI is InChI=1S/C29H46O4/c1-7-20-26(32)25-22-11-10-21(18(3)9-12-24(31)33-8-2)27(22,4)15-14-23(25)28(5)16-13-19(30)17-29(20,28)6/h18,20-23,25H,7-17H2,1-6H3/t18-,20-,21-,22?,23?,25?,27-,28-,29?/m1/s1. The summed E-state index contributed by atoms with van der Waals surface area (Å²) in [5.74, 6) is 2.82. The van der Waals surface area contributed by atoms with Crippen molar-refractivity contribution in [3.8, 4) is 0 Å². The Morgan fingerprint density at radius 3 is 2.42 bits per heavy atom. The molecule has 4 fully saturated rings. The van der Waals surface area contributed by atoms with Gasteiger partial charge < -0.3 is 4.74 Å². The summed E-state index contributed by atoms with van der Waals surface area (Å²) in [5, 5.41) is 0. The van der Waals surface area contributed by atoms with Crippen molar-refractivity contribution in [1.82, 2.24) is 0 Å². The number of esters is 1. The minimum absolute atomic E-state index is 0.00985. The molecule has 0 aromatic rings. The molecular weight excluding hydrogens is 412 g/mol. The van der Waals surface area contributed by atoms with Gasteiger partial charge in [-0.15, -0.1) is 0 Å². The smallest absolute Gasteiger partial charge is 0.305 e. The highest BCUT2D eigenvalue weighted by atomic mass is 16.5. The first-order chi connectivity index (χ1) is 15.5. The van der Waals surface area contributed by atoms with Crippen LogP contribution >= 0.6 is 0 Å². The van der Waals surface area contributed by atoms with E-state index in [9.17, 15) is 14.4 Å². The predicted molar refractivity (Wildman–Crippen MR) is 129 cm³/mol. The van der Waals surface area contributed by atoms with E-state index in [0.29, 0.717) is 61.1 Å². The van der Waals surface area contributed by atoms with Crippen LogP contribution in [0.4, 0.5) is 0 Å². The lowest BCUT2D eigenvalue weighted by molar-refractivity contribution is -0.190. The molecule has 4 saturated carbocycles. The molecule has 0 saturated heterocycles. The van der Waals surface area contributed by atoms with E-state index in [1.54, 1.807) is 0 Å². The lowest BCUT2D eigenvalue weighted by Crippen LogP contribution is -2.64. The second kappa shape index (κ2) is 8.79. The second-order valence-corrected chi connectivity index (χ2v) is 12.7. The average molecular weight is 459 g/mol. The van der Waals surface area contributed by atoms with Gasteiger partial charge in [-0.3, -0.25) is 14.4 Å². The highest BCUT2D eigenvalue weighted by molar-refractivity contribution is 5.89. The Balaban J connectivity index is 1.60. The average Bonchev–Trinajstić information content (AvgIpc) is 3.11. The largest absolute Gasteiger partial charge is 0.466 e. The highest BCUT2D eigenvalue weighted by Gasteiger charge is 2.68. The number of carbonyl (C=O) groups is 3. The number of fused-ring (bicyclic) bond motifs is 5. The lowest BCUT2D eigenvalue weighted by Gasteiger charge is -2.66. The van der Waals surface area contributed by atoms with Gasteiger partial charge in [-0.25, -0.2) is 0 Å². The van der Waals surface area contributed by atoms with E-state index in [1.165, 1.54) is 12.8 Å². The van der Waals surface area contributed by atoms with Gasteiger partial charge in [-0.2, -0.15) is 0 Å². The number of carbonyl (C=O) groups excluding carboxylic acids is 3. The van der Waals surface area contributed by atoms with Crippen molar-refractivity contribution in [2.45, 2.75) is 106 Å². The van der Waals surface area contributed by atoms with Crippen molar-refractivity contribution in [3.63, 3.8) is 0 Å². The highest BCUT2D eigenvalue weighted by Crippen LogP contribution is 2.71. The maximum absolute atomic E-state index is 14.2. The van der Waals surface area contributed by atoms with Crippen LogP contribution in [0.25, 0.3) is 0 Å². The Labute approximate surface area is 201 Å². The van der Waals surface area contributed by atoms with Crippen molar-refractivity contribution in [3.05, 3.63) is 0 Å². The van der Waals surface area contributed by atoms with Crippen molar-refractivity contribution in [1.29, 1.82) is 0 Å². The first-order valence-electron chi connectivity index (χ1n) is 13.7. The number of hydrogen-bond donors (Lipinski definition) is 0. The van der Waals surface area contributed by atoms with Crippen LogP contribution in [0.3, 0.4) is 0 Å². The Hall–Kier alpha value is -1.19. The molecule has 186 valence electrons. The maximum Gasteiger partial charge on any atom is 0.305 e. The zero-order valence-electron chi connectivity index (χ0n) is 21.9. The van der Waals surface area contributed by atoms with E-state index < -0.39 is 0 Å². The molecule has 0 bridgehead atoms. The Bertz CT molecular complexity index is 803. The number of ketones is 2. The van der Waals surface area contributed by atoms with Crippen LogP contribution in [0.5, 0.6) is 0 Å². The van der Waals surface area contributed by atoms with Crippen molar-refractivity contribution in [2.24, 2.45) is 51.8 Å². The molecule has 9 atom stereocenters. The van der Waals surface area contributed by atoms with E-state index in [2.05, 4.69) is 34.6 Å². The number of rotatable bonds is 6. The van der Waals surface area contributed by atoms with E-state index in [0.717, 1.165) is 32.1 Å². The van der Waals surface area contributed by atoms with Gasteiger partial charge in [0.2, 0.25) is 0 Å². The van der Waals surface area contributed by atoms with E-state index >= 15 is 0 Å². The third-order valence-corrected chi connectivity index (χ3v) is 11.6. The summed E-state index contributed by atoms with van der Waals surface area (Å²) in [6.07, 6.45) is 9.06. The van der Waals surface area contributed by atoms with Crippen LogP contribution in [-0.2, 0) is 19.1 Å². The quantitative estimate of drug-likeness (QED) is 0.432. The SMILES string of the molecule is CCOC(=O)CC[C@@H](C)[C@H]1CCC2C3C(=O)[C@@H](CC)C4(C)CC(=O)CC[C@]4(C)C3CC[C@@]21C. The number of hydrogen-bond acceptors (Lipinski definition) is 4. The van der Waals surface area contributed by atoms with Crippen LogP contribution in [0, 0.1) is 51.8 Å². The van der Waals surface area contributed by atoms with Gasteiger partial charge in [0.15, 0.2) is 0 Å². The molecule has 0 spiro atoms. The Morgan fingerprint density at radius 2 is 1.76 bits per heavy atom. The lowest BCUT2D eigenvalue weighted by atomic mass is 9.37. The van der Waals surface area contributed by atoms with E-state index in [-0.39, 0.29) is 34.1 Å². The summed E-state index contributed by atoms with van der Waals surface area (Å²) in [6, 6.07) is 0. The van der Waals surface area contributed by atoms with E-state index in [4.69, 9.17) is 4.74 Å². The minimum Gasteiger partial charge on any atom is -0.466 e. The van der Waals surface area contributed by atoms with Crippen molar-refractivity contribution in [2.75, 3.05) is 6.61 Å². The summed E-state index contributed by atoms with van der Waals surface area (Å²) in [4.78, 5) is 38.7. The van der Waals surface area contributed by atoms with Gasteiger partial charge in [-0.05, 0) is 91.8 Å². The molecule has 0 radical (unpaired) electrons. The van der Waals surface area contributed by atoms with Gasteiger partial charge in [0.25, 0.3) is 0 Å². The molecular formula is C29H46O4. The van der Waals surface area contributed by atoms with Crippen LogP contribution in [0.2, 0.25) is 0 Å². The van der Waals surface area contributed by atoms with Gasteiger partial charge in [-0.1, -0.05) is 34.6 Å². The Kier molecular flexibility index (Phi) is 6.64. The normalized spacial score (nSPS) is 45.7. The molecule has 0 aromatic carbocycles. The number of ether oxygens (including phenoxy) is 1. The van der Waals surface area contributed by atoms with Crippen molar-refractivity contribution < 1.29 is 19.1 Å². The summed E-state index contributed by atoms with van der Waals surface area (Å²) in [6.45, 7) is 13.9. The summed E-state index contributed by atoms with van der Waals surface area (Å²) in [7, 11) is 0. The molecule has 4 aliphatic carbocycles.